The first kappa shape index (κ1) is 33.0. The molecule has 0 aliphatic carbocycles. The number of hydrogen-bond donors (Lipinski definition) is 0. The summed E-state index contributed by atoms with van der Waals surface area (Å²) in [5, 5.41) is 0. The molecular weight excluding hydrogens is 400 g/mol. The second-order valence-corrected chi connectivity index (χ2v) is 11.5. The molecule has 0 rings (SSSR count). The van der Waals surface area contributed by atoms with Crippen molar-refractivity contribution < 1.29 is 4.74 Å². The fourth-order valence-corrected chi connectivity index (χ4v) is 5.35. The molecule has 0 saturated heterocycles. The first-order valence-corrected chi connectivity index (χ1v) is 15.7. The zero-order valence-corrected chi connectivity index (χ0v) is 23.9. The summed E-state index contributed by atoms with van der Waals surface area (Å²) < 4.78 is 5.21. The topological polar surface area (TPSA) is 9.23 Å². The molecule has 1 heteroatoms. The maximum Gasteiger partial charge on any atom is 0.0487 e. The van der Waals surface area contributed by atoms with Gasteiger partial charge in [0.25, 0.3) is 0 Å². The van der Waals surface area contributed by atoms with E-state index in [2.05, 4.69) is 20.8 Å². The summed E-state index contributed by atoms with van der Waals surface area (Å²) in [6.45, 7) is 7.98. The Morgan fingerprint density at radius 3 is 0.939 bits per heavy atom. The van der Waals surface area contributed by atoms with Crippen LogP contribution in [0.15, 0.2) is 0 Å². The van der Waals surface area contributed by atoms with Gasteiger partial charge in [-0.25, -0.2) is 0 Å². The molecule has 0 aromatic carbocycles. The molecule has 0 bridgehead atoms. The molecular formula is C32H66O. The lowest BCUT2D eigenvalue weighted by molar-refractivity contribution is 0.154. The van der Waals surface area contributed by atoms with Crippen LogP contribution in [0.1, 0.15) is 181 Å². The van der Waals surface area contributed by atoms with Crippen LogP contribution in [-0.4, -0.2) is 13.7 Å². The molecule has 2 atom stereocenters. The van der Waals surface area contributed by atoms with E-state index in [0.717, 1.165) is 18.4 Å². The number of rotatable bonds is 28. The average molecular weight is 467 g/mol. The van der Waals surface area contributed by atoms with Gasteiger partial charge in [0.2, 0.25) is 0 Å². The Bertz CT molecular complexity index is 307. The average Bonchev–Trinajstić information content (AvgIpc) is 2.80. The van der Waals surface area contributed by atoms with E-state index in [1.807, 2.05) is 7.11 Å². The van der Waals surface area contributed by atoms with Crippen molar-refractivity contribution in [2.75, 3.05) is 13.7 Å². The van der Waals surface area contributed by atoms with Crippen LogP contribution < -0.4 is 0 Å². The van der Waals surface area contributed by atoms with Crippen LogP contribution in [0.25, 0.3) is 0 Å². The van der Waals surface area contributed by atoms with Crippen LogP contribution in [0.5, 0.6) is 0 Å². The largest absolute Gasteiger partial charge is 0.384 e. The highest BCUT2D eigenvalue weighted by atomic mass is 16.5. The standard InChI is InChI=1S/C32H66O/c1-5-27-31(2)28-25-23-21-19-17-15-13-11-9-7-6-8-10-12-14-16-18-20-22-24-26-29-32(3)30-33-4/h31-32H,5-30H2,1-4H3. The maximum absolute atomic E-state index is 5.21. The van der Waals surface area contributed by atoms with Crippen molar-refractivity contribution in [3.05, 3.63) is 0 Å². The van der Waals surface area contributed by atoms with E-state index < -0.39 is 0 Å². The van der Waals surface area contributed by atoms with Crippen molar-refractivity contribution >= 4 is 0 Å². The second kappa shape index (κ2) is 28.2. The van der Waals surface area contributed by atoms with Gasteiger partial charge in [-0.15, -0.1) is 0 Å². The van der Waals surface area contributed by atoms with Gasteiger partial charge in [-0.1, -0.05) is 175 Å². The zero-order chi connectivity index (χ0) is 24.2. The fraction of sp³-hybridized carbons (Fsp3) is 1.00. The summed E-state index contributed by atoms with van der Waals surface area (Å²) in [4.78, 5) is 0. The molecule has 0 amide bonds. The predicted octanol–water partition coefficient (Wildman–Crippen LogP) is 11.7. The van der Waals surface area contributed by atoms with Gasteiger partial charge in [-0.3, -0.25) is 0 Å². The summed E-state index contributed by atoms with van der Waals surface area (Å²) in [7, 11) is 1.82. The smallest absolute Gasteiger partial charge is 0.0487 e. The van der Waals surface area contributed by atoms with Crippen molar-refractivity contribution in [3.63, 3.8) is 0 Å². The van der Waals surface area contributed by atoms with E-state index in [-0.39, 0.29) is 0 Å². The summed E-state index contributed by atoms with van der Waals surface area (Å²) in [5.41, 5.74) is 0. The highest BCUT2D eigenvalue weighted by molar-refractivity contribution is 4.55. The molecule has 0 aromatic rings. The monoisotopic (exact) mass is 467 g/mol. The zero-order valence-electron chi connectivity index (χ0n) is 23.9. The van der Waals surface area contributed by atoms with Gasteiger partial charge in [-0.2, -0.15) is 0 Å². The number of ether oxygens (including phenoxy) is 1. The highest BCUT2D eigenvalue weighted by Crippen LogP contribution is 2.18. The summed E-state index contributed by atoms with van der Waals surface area (Å²) in [6, 6.07) is 0. The van der Waals surface area contributed by atoms with Gasteiger partial charge < -0.3 is 4.74 Å². The van der Waals surface area contributed by atoms with Crippen LogP contribution >= 0.6 is 0 Å². The molecule has 33 heavy (non-hydrogen) atoms. The van der Waals surface area contributed by atoms with Gasteiger partial charge in [0.15, 0.2) is 0 Å². The molecule has 0 aliphatic rings. The minimum absolute atomic E-state index is 0.740. The third-order valence-electron chi connectivity index (χ3n) is 7.63. The molecule has 1 nitrogen and oxygen atoms in total. The van der Waals surface area contributed by atoms with Crippen LogP contribution in [0.3, 0.4) is 0 Å². The summed E-state index contributed by atoms with van der Waals surface area (Å²) >= 11 is 0. The van der Waals surface area contributed by atoms with E-state index in [9.17, 15) is 0 Å². The lowest BCUT2D eigenvalue weighted by atomic mass is 9.98. The van der Waals surface area contributed by atoms with Crippen molar-refractivity contribution in [1.82, 2.24) is 0 Å². The Balaban J connectivity index is 3.06. The Labute approximate surface area is 211 Å². The second-order valence-electron chi connectivity index (χ2n) is 11.5. The van der Waals surface area contributed by atoms with E-state index >= 15 is 0 Å². The minimum Gasteiger partial charge on any atom is -0.384 e. The molecule has 0 aromatic heterocycles. The van der Waals surface area contributed by atoms with E-state index in [4.69, 9.17) is 4.74 Å². The summed E-state index contributed by atoms with van der Waals surface area (Å²) in [5.74, 6) is 1.70. The number of unbranched alkanes of at least 4 members (excludes halogenated alkanes) is 20. The minimum atomic E-state index is 0.740. The van der Waals surface area contributed by atoms with Crippen LogP contribution in [0.2, 0.25) is 0 Å². The first-order valence-electron chi connectivity index (χ1n) is 15.7. The summed E-state index contributed by atoms with van der Waals surface area (Å²) in [6.07, 6.45) is 36.5. The van der Waals surface area contributed by atoms with Crippen molar-refractivity contribution in [3.8, 4) is 0 Å². The lowest BCUT2D eigenvalue weighted by Gasteiger charge is -2.09. The van der Waals surface area contributed by atoms with Crippen LogP contribution in [0, 0.1) is 11.8 Å². The molecule has 2 unspecified atom stereocenters. The normalized spacial score (nSPS) is 13.5. The van der Waals surface area contributed by atoms with E-state index in [1.165, 1.54) is 161 Å². The number of methoxy groups -OCH3 is 1. The Morgan fingerprint density at radius 2 is 0.667 bits per heavy atom. The predicted molar refractivity (Wildman–Crippen MR) is 151 cm³/mol. The van der Waals surface area contributed by atoms with Crippen molar-refractivity contribution in [2.45, 2.75) is 181 Å². The quantitative estimate of drug-likeness (QED) is 0.104. The molecule has 0 fully saturated rings. The SMILES string of the molecule is CCCC(C)CCCCCCCCCCCCCCCCCCCCCCCC(C)COC. The van der Waals surface area contributed by atoms with E-state index in [0.29, 0.717) is 0 Å². The van der Waals surface area contributed by atoms with Gasteiger partial charge in [0.1, 0.15) is 0 Å². The maximum atomic E-state index is 5.21. The van der Waals surface area contributed by atoms with Crippen LogP contribution in [0.4, 0.5) is 0 Å². The first-order chi connectivity index (χ1) is 16.2. The Morgan fingerprint density at radius 1 is 0.394 bits per heavy atom. The lowest BCUT2D eigenvalue weighted by Crippen LogP contribution is -2.02. The molecule has 200 valence electrons. The highest BCUT2D eigenvalue weighted by Gasteiger charge is 2.01. The van der Waals surface area contributed by atoms with Gasteiger partial charge in [0, 0.05) is 13.7 Å². The van der Waals surface area contributed by atoms with E-state index in [1.54, 1.807) is 0 Å². The molecule has 0 heterocycles. The number of hydrogen-bond acceptors (Lipinski definition) is 1. The van der Waals surface area contributed by atoms with Crippen molar-refractivity contribution in [1.29, 1.82) is 0 Å². The van der Waals surface area contributed by atoms with Gasteiger partial charge in [-0.05, 0) is 18.3 Å². The van der Waals surface area contributed by atoms with Crippen molar-refractivity contribution in [2.24, 2.45) is 11.8 Å². The third-order valence-corrected chi connectivity index (χ3v) is 7.63. The molecule has 0 saturated carbocycles. The Kier molecular flexibility index (Phi) is 28.2. The fourth-order valence-electron chi connectivity index (χ4n) is 5.35. The van der Waals surface area contributed by atoms with Gasteiger partial charge in [0.05, 0.1) is 0 Å². The Hall–Kier alpha value is -0.0400. The van der Waals surface area contributed by atoms with Gasteiger partial charge >= 0.3 is 0 Å². The molecule has 0 radical (unpaired) electrons. The third kappa shape index (κ3) is 28.1. The molecule has 0 aliphatic heterocycles. The van der Waals surface area contributed by atoms with Crippen LogP contribution in [-0.2, 0) is 4.74 Å². The molecule has 0 N–H and O–H groups in total. The molecule has 0 spiro atoms.